The van der Waals surface area contributed by atoms with E-state index in [9.17, 15) is 13.2 Å². The molecule has 0 amide bonds. The summed E-state index contributed by atoms with van der Waals surface area (Å²) < 4.78 is 37.4. The molecule has 0 saturated carbocycles. The Morgan fingerprint density at radius 1 is 1.50 bits per heavy atom. The van der Waals surface area contributed by atoms with Gasteiger partial charge in [-0.05, 0) is 18.7 Å². The predicted molar refractivity (Wildman–Crippen MR) is 56.6 cm³/mol. The number of hydrogen-bond donors (Lipinski definition) is 2. The third-order valence-electron chi connectivity index (χ3n) is 1.88. The molecule has 0 fully saturated rings. The third-order valence-corrected chi connectivity index (χ3v) is 1.88. The Bertz CT molecular complexity index is 385. The van der Waals surface area contributed by atoms with E-state index in [2.05, 4.69) is 10.3 Å². The first kappa shape index (κ1) is 12.5. The minimum Gasteiger partial charge on any atom is -0.383 e. The van der Waals surface area contributed by atoms with Crippen LogP contribution < -0.4 is 11.1 Å². The Hall–Kier alpha value is -1.56. The molecule has 0 atom stereocenters. The average Bonchev–Trinajstić information content (AvgIpc) is 2.19. The predicted octanol–water partition coefficient (Wildman–Crippen LogP) is 1.92. The minimum atomic E-state index is -4.47. The molecule has 0 spiro atoms. The Labute approximate surface area is 91.2 Å². The highest BCUT2D eigenvalue weighted by Crippen LogP contribution is 2.32. The second-order valence-corrected chi connectivity index (χ2v) is 3.16. The molecular formula is C10H12F3N3. The highest BCUT2D eigenvalue weighted by atomic mass is 19.4. The molecule has 0 aliphatic rings. The second kappa shape index (κ2) is 4.98. The molecule has 0 bridgehead atoms. The lowest BCUT2D eigenvalue weighted by Crippen LogP contribution is -2.10. The van der Waals surface area contributed by atoms with Gasteiger partial charge in [0.2, 0.25) is 0 Å². The molecule has 3 nitrogen and oxygen atoms in total. The van der Waals surface area contributed by atoms with Crippen LogP contribution in [0.4, 0.5) is 19.0 Å². The summed E-state index contributed by atoms with van der Waals surface area (Å²) in [5, 5.41) is 2.84. The topological polar surface area (TPSA) is 50.9 Å². The van der Waals surface area contributed by atoms with Crippen molar-refractivity contribution >= 4 is 11.9 Å². The third kappa shape index (κ3) is 3.23. The highest BCUT2D eigenvalue weighted by molar-refractivity contribution is 5.54. The van der Waals surface area contributed by atoms with Gasteiger partial charge in [0.1, 0.15) is 5.82 Å². The van der Waals surface area contributed by atoms with Crippen molar-refractivity contribution in [3.8, 4) is 0 Å². The van der Waals surface area contributed by atoms with Crippen LogP contribution in [0.5, 0.6) is 0 Å². The molecule has 1 heterocycles. The summed E-state index contributed by atoms with van der Waals surface area (Å²) in [6.45, 7) is 0.575. The van der Waals surface area contributed by atoms with E-state index in [1.54, 1.807) is 19.2 Å². The van der Waals surface area contributed by atoms with Gasteiger partial charge in [-0.25, -0.2) is 4.98 Å². The molecule has 88 valence electrons. The maximum Gasteiger partial charge on any atom is 0.419 e. The number of likely N-dealkylation sites (N-methyl/N-ethyl adjacent to an activating group) is 1. The van der Waals surface area contributed by atoms with E-state index in [0.717, 1.165) is 6.07 Å². The quantitative estimate of drug-likeness (QED) is 0.835. The van der Waals surface area contributed by atoms with Crippen molar-refractivity contribution < 1.29 is 13.2 Å². The number of nitrogens with zero attached hydrogens (tertiary/aromatic N) is 1. The van der Waals surface area contributed by atoms with E-state index in [-0.39, 0.29) is 0 Å². The molecule has 6 heteroatoms. The summed E-state index contributed by atoms with van der Waals surface area (Å²) >= 11 is 0. The van der Waals surface area contributed by atoms with Crippen molar-refractivity contribution in [2.24, 2.45) is 0 Å². The second-order valence-electron chi connectivity index (χ2n) is 3.16. The normalized spacial score (nSPS) is 12.2. The number of pyridine rings is 1. The zero-order chi connectivity index (χ0) is 12.2. The molecular weight excluding hydrogens is 219 g/mol. The molecule has 0 aromatic carbocycles. The summed E-state index contributed by atoms with van der Waals surface area (Å²) in [7, 11) is 1.74. The van der Waals surface area contributed by atoms with Gasteiger partial charge in [0.15, 0.2) is 0 Å². The molecule has 0 aliphatic carbocycles. The molecule has 0 aliphatic heterocycles. The molecule has 16 heavy (non-hydrogen) atoms. The van der Waals surface area contributed by atoms with Crippen molar-refractivity contribution in [1.29, 1.82) is 0 Å². The molecule has 1 aromatic heterocycles. The van der Waals surface area contributed by atoms with Crippen LogP contribution in [0.3, 0.4) is 0 Å². The largest absolute Gasteiger partial charge is 0.419 e. The smallest absolute Gasteiger partial charge is 0.383 e. The average molecular weight is 231 g/mol. The van der Waals surface area contributed by atoms with Crippen molar-refractivity contribution in [3.05, 3.63) is 29.5 Å². The van der Waals surface area contributed by atoms with Crippen LogP contribution in [0.25, 0.3) is 6.08 Å². The fourth-order valence-electron chi connectivity index (χ4n) is 1.12. The van der Waals surface area contributed by atoms with Gasteiger partial charge in [0.05, 0.1) is 5.56 Å². The van der Waals surface area contributed by atoms with Crippen LogP contribution in [0.15, 0.2) is 18.3 Å². The minimum absolute atomic E-state index is 0.372. The zero-order valence-electron chi connectivity index (χ0n) is 8.67. The van der Waals surface area contributed by atoms with Gasteiger partial charge in [-0.15, -0.1) is 0 Å². The molecule has 0 saturated heterocycles. The van der Waals surface area contributed by atoms with Crippen LogP contribution in [0.1, 0.15) is 11.1 Å². The van der Waals surface area contributed by atoms with Crippen LogP contribution in [0, 0.1) is 0 Å². The number of nitrogens with one attached hydrogen (secondary N) is 1. The van der Waals surface area contributed by atoms with E-state index in [4.69, 9.17) is 5.73 Å². The summed E-state index contributed by atoms with van der Waals surface area (Å²) in [6, 6.07) is 0.981. The molecule has 1 aromatic rings. The van der Waals surface area contributed by atoms with Gasteiger partial charge >= 0.3 is 6.18 Å². The Balaban J connectivity index is 2.99. The first-order valence-corrected chi connectivity index (χ1v) is 4.59. The van der Waals surface area contributed by atoms with E-state index in [0.29, 0.717) is 12.1 Å². The summed E-state index contributed by atoms with van der Waals surface area (Å²) in [6.07, 6.45) is 0.0895. The zero-order valence-corrected chi connectivity index (χ0v) is 8.67. The first-order valence-electron chi connectivity index (χ1n) is 4.59. The molecule has 0 unspecified atom stereocenters. The summed E-state index contributed by atoms with van der Waals surface area (Å²) in [5.41, 5.74) is 4.63. The number of rotatable bonds is 3. The SMILES string of the molecule is CNCC=Cc1cnc(N)c(C(F)(F)F)c1. The standard InChI is InChI=1S/C10H12F3N3/c1-15-4-2-3-7-5-8(10(11,12)13)9(14)16-6-7/h2-3,5-6,15H,4H2,1H3,(H2,14,16). The fourth-order valence-corrected chi connectivity index (χ4v) is 1.12. The lowest BCUT2D eigenvalue weighted by atomic mass is 10.1. The van der Waals surface area contributed by atoms with E-state index >= 15 is 0 Å². The van der Waals surface area contributed by atoms with Crippen molar-refractivity contribution in [3.63, 3.8) is 0 Å². The van der Waals surface area contributed by atoms with Gasteiger partial charge in [-0.3, -0.25) is 0 Å². The number of alkyl halides is 3. The number of nitrogens with two attached hydrogens (primary N) is 1. The van der Waals surface area contributed by atoms with E-state index in [1.807, 2.05) is 0 Å². The summed E-state index contributed by atoms with van der Waals surface area (Å²) in [5.74, 6) is -0.502. The molecule has 1 rings (SSSR count). The lowest BCUT2D eigenvalue weighted by molar-refractivity contribution is -0.137. The number of aromatic nitrogens is 1. The van der Waals surface area contributed by atoms with Crippen LogP contribution in [0.2, 0.25) is 0 Å². The first-order chi connectivity index (χ1) is 7.45. The fraction of sp³-hybridized carbons (Fsp3) is 0.300. The maximum atomic E-state index is 12.5. The van der Waals surface area contributed by atoms with Crippen molar-refractivity contribution in [2.75, 3.05) is 19.3 Å². The van der Waals surface area contributed by atoms with Gasteiger partial charge in [-0.2, -0.15) is 13.2 Å². The number of anilines is 1. The number of nitrogen functional groups attached to an aromatic ring is 1. The van der Waals surface area contributed by atoms with Gasteiger partial charge in [-0.1, -0.05) is 12.2 Å². The van der Waals surface area contributed by atoms with Gasteiger partial charge < -0.3 is 11.1 Å². The monoisotopic (exact) mass is 231 g/mol. The van der Waals surface area contributed by atoms with Crippen molar-refractivity contribution in [1.82, 2.24) is 10.3 Å². The maximum absolute atomic E-state index is 12.5. The Kier molecular flexibility index (Phi) is 3.89. The van der Waals surface area contributed by atoms with E-state index in [1.165, 1.54) is 6.20 Å². The van der Waals surface area contributed by atoms with Crippen LogP contribution in [-0.2, 0) is 6.18 Å². The Morgan fingerprint density at radius 2 is 2.19 bits per heavy atom. The molecule has 3 N–H and O–H groups in total. The highest BCUT2D eigenvalue weighted by Gasteiger charge is 2.33. The van der Waals surface area contributed by atoms with Crippen LogP contribution >= 0.6 is 0 Å². The van der Waals surface area contributed by atoms with Crippen molar-refractivity contribution in [2.45, 2.75) is 6.18 Å². The summed E-state index contributed by atoms with van der Waals surface area (Å²) in [4.78, 5) is 3.51. The van der Waals surface area contributed by atoms with Crippen LogP contribution in [-0.4, -0.2) is 18.6 Å². The van der Waals surface area contributed by atoms with E-state index < -0.39 is 17.6 Å². The number of halogens is 3. The number of hydrogen-bond acceptors (Lipinski definition) is 3. The van der Waals surface area contributed by atoms with Gasteiger partial charge in [0.25, 0.3) is 0 Å². The lowest BCUT2D eigenvalue weighted by Gasteiger charge is -2.09. The molecule has 0 radical (unpaired) electrons. The Morgan fingerprint density at radius 3 is 2.75 bits per heavy atom. The van der Waals surface area contributed by atoms with Gasteiger partial charge in [0, 0.05) is 12.7 Å².